The van der Waals surface area contributed by atoms with Crippen LogP contribution in [0.4, 0.5) is 11.4 Å². The predicted octanol–water partition coefficient (Wildman–Crippen LogP) is 3.11. The highest BCUT2D eigenvalue weighted by molar-refractivity contribution is 14.1. The summed E-state index contributed by atoms with van der Waals surface area (Å²) in [6.45, 7) is 2.42. The summed E-state index contributed by atoms with van der Waals surface area (Å²) in [6.07, 6.45) is 0.651. The second-order valence-electron chi connectivity index (χ2n) is 4.34. The highest BCUT2D eigenvalue weighted by Crippen LogP contribution is 2.26. The number of carbonyl (C=O) groups is 1. The number of carboxylic acid groups (broad SMARTS) is 1. The Morgan fingerprint density at radius 2 is 2.26 bits per heavy atom. The number of nitro groups is 1. The van der Waals surface area contributed by atoms with Crippen molar-refractivity contribution in [3.63, 3.8) is 0 Å². The number of hydrogen-bond acceptors (Lipinski definition) is 4. The predicted molar refractivity (Wildman–Crippen MR) is 80.3 cm³/mol. The first-order valence-corrected chi connectivity index (χ1v) is 6.87. The van der Waals surface area contributed by atoms with Gasteiger partial charge in [-0.05, 0) is 47.1 Å². The Bertz CT molecular complexity index is 479. The van der Waals surface area contributed by atoms with E-state index < -0.39 is 10.9 Å². The minimum absolute atomic E-state index is 0.0392. The number of hydrogen-bond donors (Lipinski definition) is 2. The second-order valence-corrected chi connectivity index (χ2v) is 5.58. The molecular formula is C12H15IN2O4. The number of benzene rings is 1. The average Bonchev–Trinajstić information content (AvgIpc) is 2.34. The number of nitrogens with one attached hydrogen (secondary N) is 1. The van der Waals surface area contributed by atoms with Crippen LogP contribution in [0.1, 0.15) is 19.8 Å². The van der Waals surface area contributed by atoms with Crippen LogP contribution in [0.25, 0.3) is 0 Å². The summed E-state index contributed by atoms with van der Waals surface area (Å²) in [5.41, 5.74) is 0.505. The number of halogens is 1. The Hall–Kier alpha value is -1.38. The van der Waals surface area contributed by atoms with Crippen molar-refractivity contribution < 1.29 is 14.8 Å². The zero-order valence-corrected chi connectivity index (χ0v) is 12.6. The van der Waals surface area contributed by atoms with Crippen molar-refractivity contribution in [1.29, 1.82) is 0 Å². The Labute approximate surface area is 124 Å². The lowest BCUT2D eigenvalue weighted by Crippen LogP contribution is -2.13. The van der Waals surface area contributed by atoms with Crippen molar-refractivity contribution in [1.82, 2.24) is 0 Å². The van der Waals surface area contributed by atoms with E-state index in [0.717, 1.165) is 3.57 Å². The molecule has 7 heteroatoms. The molecule has 0 aromatic heterocycles. The van der Waals surface area contributed by atoms with Crippen molar-refractivity contribution in [3.8, 4) is 0 Å². The summed E-state index contributed by atoms with van der Waals surface area (Å²) in [5, 5.41) is 22.5. The fourth-order valence-corrected chi connectivity index (χ4v) is 2.04. The number of nitrogens with zero attached hydrogens (tertiary/aromatic N) is 1. The third-order valence-corrected chi connectivity index (χ3v) is 3.32. The van der Waals surface area contributed by atoms with E-state index in [9.17, 15) is 14.9 Å². The molecule has 2 N–H and O–H groups in total. The minimum Gasteiger partial charge on any atom is -0.481 e. The van der Waals surface area contributed by atoms with E-state index in [1.807, 2.05) is 29.5 Å². The van der Waals surface area contributed by atoms with Crippen LogP contribution in [-0.4, -0.2) is 22.5 Å². The van der Waals surface area contributed by atoms with Gasteiger partial charge in [-0.2, -0.15) is 0 Å². The molecule has 0 saturated carbocycles. The van der Waals surface area contributed by atoms with Gasteiger partial charge in [-0.15, -0.1) is 0 Å². The molecule has 0 radical (unpaired) electrons. The average molecular weight is 378 g/mol. The molecule has 0 spiro atoms. The quantitative estimate of drug-likeness (QED) is 0.432. The molecule has 0 amide bonds. The van der Waals surface area contributed by atoms with Crippen LogP contribution in [0.2, 0.25) is 0 Å². The van der Waals surface area contributed by atoms with Crippen molar-refractivity contribution in [2.24, 2.45) is 5.92 Å². The summed E-state index contributed by atoms with van der Waals surface area (Å²) in [7, 11) is 0. The van der Waals surface area contributed by atoms with Gasteiger partial charge in [0.25, 0.3) is 5.69 Å². The molecule has 0 aliphatic carbocycles. The van der Waals surface area contributed by atoms with Crippen molar-refractivity contribution in [2.75, 3.05) is 11.9 Å². The number of anilines is 1. The van der Waals surface area contributed by atoms with Gasteiger partial charge in [-0.25, -0.2) is 0 Å². The van der Waals surface area contributed by atoms with Crippen LogP contribution in [0.15, 0.2) is 18.2 Å². The van der Waals surface area contributed by atoms with Gasteiger partial charge in [-0.1, -0.05) is 6.92 Å². The lowest BCUT2D eigenvalue weighted by molar-refractivity contribution is -0.384. The maximum atomic E-state index is 10.9. The lowest BCUT2D eigenvalue weighted by atomic mass is 10.1. The van der Waals surface area contributed by atoms with E-state index in [-0.39, 0.29) is 18.0 Å². The van der Waals surface area contributed by atoms with Crippen LogP contribution in [-0.2, 0) is 4.79 Å². The Morgan fingerprint density at radius 3 is 2.84 bits per heavy atom. The molecule has 0 aliphatic heterocycles. The van der Waals surface area contributed by atoms with Crippen LogP contribution in [0.3, 0.4) is 0 Å². The summed E-state index contributed by atoms with van der Waals surface area (Å²) in [6, 6.07) is 4.96. The molecule has 1 unspecified atom stereocenters. The van der Waals surface area contributed by atoms with Crippen LogP contribution < -0.4 is 5.32 Å². The van der Waals surface area contributed by atoms with E-state index in [0.29, 0.717) is 18.7 Å². The van der Waals surface area contributed by atoms with Crippen LogP contribution in [0, 0.1) is 19.6 Å². The third-order valence-electron chi connectivity index (χ3n) is 2.65. The van der Waals surface area contributed by atoms with Crippen LogP contribution in [0.5, 0.6) is 0 Å². The molecule has 1 rings (SSSR count). The number of carboxylic acids is 1. The molecular weight excluding hydrogens is 363 g/mol. The maximum Gasteiger partial charge on any atom is 0.303 e. The van der Waals surface area contributed by atoms with Gasteiger partial charge < -0.3 is 10.4 Å². The van der Waals surface area contributed by atoms with E-state index in [1.54, 1.807) is 12.1 Å². The minimum atomic E-state index is -0.827. The summed E-state index contributed by atoms with van der Waals surface area (Å²) in [5.74, 6) is -0.693. The third kappa shape index (κ3) is 5.41. The van der Waals surface area contributed by atoms with E-state index in [2.05, 4.69) is 5.32 Å². The zero-order chi connectivity index (χ0) is 14.4. The normalized spacial score (nSPS) is 11.9. The SMILES string of the molecule is CC(CCC(=O)O)CNc1ccc(I)cc1[N+](=O)[O-]. The summed E-state index contributed by atoms with van der Waals surface area (Å²) in [4.78, 5) is 20.9. The van der Waals surface area contributed by atoms with Gasteiger partial charge in [-0.3, -0.25) is 14.9 Å². The lowest BCUT2D eigenvalue weighted by Gasteiger charge is -2.12. The van der Waals surface area contributed by atoms with Crippen molar-refractivity contribution in [2.45, 2.75) is 19.8 Å². The largest absolute Gasteiger partial charge is 0.481 e. The van der Waals surface area contributed by atoms with Crippen molar-refractivity contribution in [3.05, 3.63) is 31.9 Å². The maximum absolute atomic E-state index is 10.9. The van der Waals surface area contributed by atoms with Gasteiger partial charge in [0.2, 0.25) is 0 Å². The molecule has 104 valence electrons. The molecule has 0 saturated heterocycles. The molecule has 0 aliphatic rings. The van der Waals surface area contributed by atoms with Gasteiger partial charge in [0.15, 0.2) is 0 Å². The van der Waals surface area contributed by atoms with Gasteiger partial charge in [0.1, 0.15) is 5.69 Å². The van der Waals surface area contributed by atoms with Crippen molar-refractivity contribution >= 4 is 39.9 Å². The molecule has 6 nitrogen and oxygen atoms in total. The summed E-state index contributed by atoms with van der Waals surface area (Å²) < 4.78 is 0.800. The fraction of sp³-hybridized carbons (Fsp3) is 0.417. The van der Waals surface area contributed by atoms with Gasteiger partial charge in [0.05, 0.1) is 4.92 Å². The van der Waals surface area contributed by atoms with E-state index in [1.165, 1.54) is 6.07 Å². The number of nitro benzene ring substituents is 1. The molecule has 1 atom stereocenters. The molecule has 19 heavy (non-hydrogen) atoms. The van der Waals surface area contributed by atoms with Crippen LogP contribution >= 0.6 is 22.6 Å². The molecule has 1 aromatic carbocycles. The van der Waals surface area contributed by atoms with Gasteiger partial charge in [0, 0.05) is 22.6 Å². The number of aliphatic carboxylic acids is 1. The number of rotatable bonds is 7. The highest BCUT2D eigenvalue weighted by Gasteiger charge is 2.14. The Balaban J connectivity index is 2.62. The summed E-state index contributed by atoms with van der Waals surface area (Å²) >= 11 is 2.02. The molecule has 0 bridgehead atoms. The Morgan fingerprint density at radius 1 is 1.58 bits per heavy atom. The second kappa shape index (κ2) is 7.27. The first-order valence-electron chi connectivity index (χ1n) is 5.79. The molecule has 1 aromatic rings. The fourth-order valence-electron chi connectivity index (χ4n) is 1.56. The van der Waals surface area contributed by atoms with E-state index >= 15 is 0 Å². The standard InChI is InChI=1S/C12H15IN2O4/c1-8(2-5-12(16)17)7-14-10-4-3-9(13)6-11(10)15(18)19/h3-4,6,8,14H,2,5,7H2,1H3,(H,16,17). The van der Waals surface area contributed by atoms with Gasteiger partial charge >= 0.3 is 5.97 Å². The topological polar surface area (TPSA) is 92.5 Å². The zero-order valence-electron chi connectivity index (χ0n) is 10.4. The van der Waals surface area contributed by atoms with E-state index in [4.69, 9.17) is 5.11 Å². The molecule has 0 heterocycles. The monoisotopic (exact) mass is 378 g/mol. The molecule has 0 fully saturated rings. The smallest absolute Gasteiger partial charge is 0.303 e. The Kier molecular flexibility index (Phi) is 6.00. The highest BCUT2D eigenvalue weighted by atomic mass is 127. The first kappa shape index (κ1) is 15.7. The first-order chi connectivity index (χ1) is 8.90.